The van der Waals surface area contributed by atoms with E-state index in [0.29, 0.717) is 17.3 Å². The number of thioether (sulfide) groups is 1. The van der Waals surface area contributed by atoms with Crippen molar-refractivity contribution in [3.8, 4) is 11.8 Å². The molecule has 2 N–H and O–H groups in total. The van der Waals surface area contributed by atoms with Crippen LogP contribution in [-0.2, 0) is 4.79 Å². The van der Waals surface area contributed by atoms with Crippen molar-refractivity contribution >= 4 is 29.0 Å². The van der Waals surface area contributed by atoms with E-state index >= 15 is 0 Å². The van der Waals surface area contributed by atoms with Gasteiger partial charge in [0.25, 0.3) is 0 Å². The molecule has 2 saturated carbocycles. The molecule has 1 unspecified atom stereocenters. The minimum Gasteiger partial charge on any atom is -0.364 e. The largest absolute Gasteiger partial charge is 0.446 e. The first-order valence-electron chi connectivity index (χ1n) is 10.7. The maximum atomic E-state index is 13.3. The SMILES string of the molecule is CN1CC[C@]2(Nc3cccc4c(SC(F)(F)F)c(C#CCNC(=O)C5CC5)nn34)CC2C1. The molecule has 2 atom stereocenters. The van der Waals surface area contributed by atoms with Crippen LogP contribution in [0, 0.1) is 23.7 Å². The average Bonchev–Trinajstić information content (AvgIpc) is 3.63. The molecule has 32 heavy (non-hydrogen) atoms. The maximum Gasteiger partial charge on any atom is 0.446 e. The molecule has 10 heteroatoms. The molecule has 1 saturated heterocycles. The summed E-state index contributed by atoms with van der Waals surface area (Å²) in [6, 6.07) is 5.22. The van der Waals surface area contributed by atoms with E-state index in [4.69, 9.17) is 0 Å². The van der Waals surface area contributed by atoms with Crippen LogP contribution in [0.4, 0.5) is 19.0 Å². The van der Waals surface area contributed by atoms with E-state index in [1.54, 1.807) is 12.1 Å². The lowest BCUT2D eigenvalue weighted by Gasteiger charge is -2.30. The number of anilines is 1. The summed E-state index contributed by atoms with van der Waals surface area (Å²) in [5, 5.41) is 10.7. The Morgan fingerprint density at radius 2 is 2.19 bits per heavy atom. The first kappa shape index (κ1) is 21.5. The van der Waals surface area contributed by atoms with Gasteiger partial charge >= 0.3 is 5.51 Å². The summed E-state index contributed by atoms with van der Waals surface area (Å²) in [5.74, 6) is 6.72. The number of likely N-dealkylation sites (tertiary alicyclic amines) is 1. The minimum absolute atomic E-state index is 0.0109. The fourth-order valence-electron chi connectivity index (χ4n) is 4.44. The Morgan fingerprint density at radius 3 is 2.91 bits per heavy atom. The highest BCUT2D eigenvalue weighted by Crippen LogP contribution is 2.51. The number of fused-ring (bicyclic) bond motifs is 2. The standard InChI is InChI=1S/C22H24F3N5OS/c1-29-11-9-21(12-15(21)13-29)27-18-6-2-5-17-19(32-22(23,24)25)16(28-30(17)18)4-3-10-26-20(31)14-7-8-14/h2,5-6,14-15,27H,7-13H2,1H3,(H,26,31)/t15?,21-/m0/s1. The summed E-state index contributed by atoms with van der Waals surface area (Å²) >= 11 is -0.200. The molecule has 1 aliphatic heterocycles. The summed E-state index contributed by atoms with van der Waals surface area (Å²) in [5.41, 5.74) is -4.04. The van der Waals surface area contributed by atoms with E-state index in [1.165, 1.54) is 4.52 Å². The Morgan fingerprint density at radius 1 is 1.38 bits per heavy atom. The monoisotopic (exact) mass is 463 g/mol. The van der Waals surface area contributed by atoms with Crippen LogP contribution in [0.5, 0.6) is 0 Å². The minimum atomic E-state index is -4.46. The third kappa shape index (κ3) is 4.41. The molecule has 3 heterocycles. The summed E-state index contributed by atoms with van der Waals surface area (Å²) < 4.78 is 41.4. The van der Waals surface area contributed by atoms with E-state index in [-0.39, 0.29) is 46.3 Å². The second-order valence-corrected chi connectivity index (χ2v) is 10.00. The van der Waals surface area contributed by atoms with Crippen molar-refractivity contribution in [1.82, 2.24) is 19.8 Å². The molecular formula is C22H24F3N5OS. The number of carbonyl (C=O) groups is 1. The van der Waals surface area contributed by atoms with Crippen molar-refractivity contribution in [3.05, 3.63) is 23.9 Å². The zero-order chi connectivity index (χ0) is 22.5. The first-order valence-corrected chi connectivity index (χ1v) is 11.6. The molecule has 3 aliphatic rings. The lowest BCUT2D eigenvalue weighted by atomic mass is 10.1. The van der Waals surface area contributed by atoms with Crippen molar-refractivity contribution in [2.24, 2.45) is 11.8 Å². The molecule has 2 aromatic rings. The highest BCUT2D eigenvalue weighted by Gasteiger charge is 2.56. The molecule has 0 bridgehead atoms. The van der Waals surface area contributed by atoms with Gasteiger partial charge in [-0.05, 0) is 68.5 Å². The van der Waals surface area contributed by atoms with Gasteiger partial charge in [0.2, 0.25) is 5.91 Å². The van der Waals surface area contributed by atoms with Crippen LogP contribution in [0.1, 0.15) is 31.4 Å². The third-order valence-electron chi connectivity index (χ3n) is 6.42. The smallest absolute Gasteiger partial charge is 0.364 e. The van der Waals surface area contributed by atoms with Crippen LogP contribution in [0.15, 0.2) is 23.1 Å². The number of alkyl halides is 3. The number of hydrogen-bond donors (Lipinski definition) is 2. The van der Waals surface area contributed by atoms with Crippen LogP contribution in [0.25, 0.3) is 5.52 Å². The molecule has 6 nitrogen and oxygen atoms in total. The third-order valence-corrected chi connectivity index (χ3v) is 7.25. The van der Waals surface area contributed by atoms with Gasteiger partial charge < -0.3 is 15.5 Å². The van der Waals surface area contributed by atoms with Crippen LogP contribution < -0.4 is 10.6 Å². The number of amides is 1. The second kappa shape index (κ2) is 7.89. The lowest BCUT2D eigenvalue weighted by Crippen LogP contribution is -2.39. The van der Waals surface area contributed by atoms with E-state index in [0.717, 1.165) is 38.8 Å². The zero-order valence-corrected chi connectivity index (χ0v) is 18.4. The van der Waals surface area contributed by atoms with Crippen LogP contribution in [0.2, 0.25) is 0 Å². The van der Waals surface area contributed by atoms with Gasteiger partial charge in [0.05, 0.1) is 17.0 Å². The van der Waals surface area contributed by atoms with Crippen molar-refractivity contribution < 1.29 is 18.0 Å². The average molecular weight is 464 g/mol. The Balaban J connectivity index is 1.43. The number of rotatable bonds is 5. The Kier molecular flexibility index (Phi) is 5.29. The Labute approximate surface area is 188 Å². The van der Waals surface area contributed by atoms with Gasteiger partial charge in [-0.15, -0.1) is 0 Å². The van der Waals surface area contributed by atoms with E-state index < -0.39 is 5.51 Å². The number of aromatic nitrogens is 2. The maximum absolute atomic E-state index is 13.3. The summed E-state index contributed by atoms with van der Waals surface area (Å²) in [6.07, 6.45) is 3.80. The van der Waals surface area contributed by atoms with Crippen molar-refractivity contribution in [2.75, 3.05) is 32.0 Å². The van der Waals surface area contributed by atoms with Gasteiger partial charge in [-0.25, -0.2) is 4.52 Å². The number of piperidine rings is 1. The topological polar surface area (TPSA) is 61.7 Å². The van der Waals surface area contributed by atoms with Crippen LogP contribution >= 0.6 is 11.8 Å². The number of nitrogens with one attached hydrogen (secondary N) is 2. The first-order chi connectivity index (χ1) is 15.2. The van der Waals surface area contributed by atoms with E-state index in [9.17, 15) is 18.0 Å². The number of hydrogen-bond acceptors (Lipinski definition) is 5. The van der Waals surface area contributed by atoms with E-state index in [1.807, 2.05) is 6.07 Å². The second-order valence-electron chi connectivity index (χ2n) is 8.92. The van der Waals surface area contributed by atoms with Crippen molar-refractivity contribution in [2.45, 2.75) is 41.6 Å². The molecule has 2 aromatic heterocycles. The summed E-state index contributed by atoms with van der Waals surface area (Å²) in [7, 11) is 2.11. The normalized spacial score (nSPS) is 25.1. The Hall–Kier alpha value is -2.38. The number of halogens is 3. The predicted molar refractivity (Wildman–Crippen MR) is 116 cm³/mol. The fraction of sp³-hybridized carbons (Fsp3) is 0.545. The number of carbonyl (C=O) groups excluding carboxylic acids is 1. The molecule has 0 radical (unpaired) electrons. The van der Waals surface area contributed by atoms with Gasteiger partial charge in [0.15, 0.2) is 0 Å². The molecule has 0 aromatic carbocycles. The molecule has 0 spiro atoms. The van der Waals surface area contributed by atoms with Crippen LogP contribution in [-0.4, -0.2) is 58.2 Å². The highest BCUT2D eigenvalue weighted by molar-refractivity contribution is 8.00. The molecule has 170 valence electrons. The van der Waals surface area contributed by atoms with Gasteiger partial charge in [0, 0.05) is 24.5 Å². The lowest BCUT2D eigenvalue weighted by molar-refractivity contribution is -0.122. The molecular weight excluding hydrogens is 439 g/mol. The number of nitrogens with zero attached hydrogens (tertiary/aromatic N) is 3. The van der Waals surface area contributed by atoms with Gasteiger partial charge in [-0.3, -0.25) is 4.79 Å². The molecule has 1 amide bonds. The van der Waals surface area contributed by atoms with Crippen molar-refractivity contribution in [3.63, 3.8) is 0 Å². The van der Waals surface area contributed by atoms with E-state index in [2.05, 4.69) is 39.5 Å². The fourth-order valence-corrected chi connectivity index (χ4v) is 5.12. The summed E-state index contributed by atoms with van der Waals surface area (Å²) in [6.45, 7) is 2.08. The van der Waals surface area contributed by atoms with Crippen LogP contribution in [0.3, 0.4) is 0 Å². The van der Waals surface area contributed by atoms with Crippen molar-refractivity contribution in [1.29, 1.82) is 0 Å². The Bertz CT molecular complexity index is 1120. The van der Waals surface area contributed by atoms with Gasteiger partial charge in [0.1, 0.15) is 11.5 Å². The van der Waals surface area contributed by atoms with Gasteiger partial charge in [-0.2, -0.15) is 18.3 Å². The highest BCUT2D eigenvalue weighted by atomic mass is 32.2. The zero-order valence-electron chi connectivity index (χ0n) is 17.6. The molecule has 2 aliphatic carbocycles. The predicted octanol–water partition coefficient (Wildman–Crippen LogP) is 3.33. The quantitative estimate of drug-likeness (QED) is 0.526. The molecule has 5 rings (SSSR count). The summed E-state index contributed by atoms with van der Waals surface area (Å²) in [4.78, 5) is 14.0. The molecule has 3 fully saturated rings. The van der Waals surface area contributed by atoms with Gasteiger partial charge in [-0.1, -0.05) is 12.0 Å². The number of pyridine rings is 1.